The van der Waals surface area contributed by atoms with E-state index in [1.807, 2.05) is 35.2 Å². The van der Waals surface area contributed by atoms with E-state index in [0.29, 0.717) is 37.7 Å². The number of rotatable bonds is 6. The minimum Gasteiger partial charge on any atom is -0.495 e. The van der Waals surface area contributed by atoms with Crippen LogP contribution in [0, 0.1) is 0 Å². The molecule has 0 atom stereocenters. The summed E-state index contributed by atoms with van der Waals surface area (Å²) in [4.78, 5) is 16.8. The van der Waals surface area contributed by atoms with Crippen LogP contribution in [0.5, 0.6) is 5.75 Å². The number of methoxy groups -OCH3 is 1. The summed E-state index contributed by atoms with van der Waals surface area (Å²) in [5.74, 6) is 0.560. The minimum atomic E-state index is -3.77. The Hall–Kier alpha value is -3.51. The first-order valence-electron chi connectivity index (χ1n) is 10.3. The van der Waals surface area contributed by atoms with Gasteiger partial charge in [0.1, 0.15) is 10.6 Å². The van der Waals surface area contributed by atoms with E-state index >= 15 is 0 Å². The third-order valence-corrected chi connectivity index (χ3v) is 7.31. The standard InChI is InChI=1S/C21H25N7O4S/c1-25(2)33(30,31)19-15-16(9-10-18(19)32-3)20(29)26-11-13-27(14-12-26)21-22-23-24-28(21)17-7-5-4-6-8-17/h4-10,15H,11-14H2,1-3H3. The van der Waals surface area contributed by atoms with Gasteiger partial charge in [-0.05, 0) is 40.8 Å². The van der Waals surface area contributed by atoms with Gasteiger partial charge in [0.25, 0.3) is 5.91 Å². The average Bonchev–Trinajstić information content (AvgIpc) is 3.34. The normalized spacial score (nSPS) is 14.5. The Labute approximate surface area is 192 Å². The summed E-state index contributed by atoms with van der Waals surface area (Å²) >= 11 is 0. The van der Waals surface area contributed by atoms with Gasteiger partial charge < -0.3 is 14.5 Å². The molecule has 4 rings (SSSR count). The second kappa shape index (κ2) is 9.16. The molecule has 1 fully saturated rings. The van der Waals surface area contributed by atoms with E-state index in [1.54, 1.807) is 15.6 Å². The fourth-order valence-corrected chi connectivity index (χ4v) is 4.69. The summed E-state index contributed by atoms with van der Waals surface area (Å²) in [6.07, 6.45) is 0. The van der Waals surface area contributed by atoms with Gasteiger partial charge in [0.05, 0.1) is 12.8 Å². The Bertz CT molecular complexity index is 1240. The van der Waals surface area contributed by atoms with Gasteiger partial charge in [-0.1, -0.05) is 23.3 Å². The highest BCUT2D eigenvalue weighted by Crippen LogP contribution is 2.28. The Morgan fingerprint density at radius 1 is 1.03 bits per heavy atom. The number of hydrogen-bond acceptors (Lipinski definition) is 8. The van der Waals surface area contributed by atoms with Crippen molar-refractivity contribution in [3.8, 4) is 11.4 Å². The Kier molecular flexibility index (Phi) is 6.29. The second-order valence-electron chi connectivity index (χ2n) is 7.66. The molecule has 2 heterocycles. The van der Waals surface area contributed by atoms with Crippen molar-refractivity contribution in [2.75, 3.05) is 52.3 Å². The molecule has 1 aliphatic heterocycles. The number of amides is 1. The number of nitrogens with zero attached hydrogens (tertiary/aromatic N) is 7. The lowest BCUT2D eigenvalue weighted by atomic mass is 10.1. The SMILES string of the molecule is COc1ccc(C(=O)N2CCN(c3nnnn3-c3ccccc3)CC2)cc1S(=O)(=O)N(C)C. The molecule has 11 nitrogen and oxygen atoms in total. The average molecular weight is 472 g/mol. The number of carbonyl (C=O) groups is 1. The van der Waals surface area contributed by atoms with Crippen molar-refractivity contribution < 1.29 is 17.9 Å². The maximum Gasteiger partial charge on any atom is 0.254 e. The fourth-order valence-electron chi connectivity index (χ4n) is 3.62. The number of piperazine rings is 1. The van der Waals surface area contributed by atoms with E-state index in [9.17, 15) is 13.2 Å². The van der Waals surface area contributed by atoms with Crippen LogP contribution in [-0.2, 0) is 10.0 Å². The molecule has 2 aromatic carbocycles. The van der Waals surface area contributed by atoms with Crippen molar-refractivity contribution >= 4 is 21.9 Å². The molecule has 174 valence electrons. The van der Waals surface area contributed by atoms with E-state index in [1.165, 1.54) is 33.3 Å². The zero-order valence-electron chi connectivity index (χ0n) is 18.6. The van der Waals surface area contributed by atoms with Crippen LogP contribution in [0.1, 0.15) is 10.4 Å². The number of ether oxygens (including phenoxy) is 1. The largest absolute Gasteiger partial charge is 0.495 e. The number of benzene rings is 2. The molecule has 0 saturated carbocycles. The topological polar surface area (TPSA) is 114 Å². The van der Waals surface area contributed by atoms with Crippen molar-refractivity contribution in [1.29, 1.82) is 0 Å². The van der Waals surface area contributed by atoms with Crippen LogP contribution in [0.15, 0.2) is 53.4 Å². The molecule has 1 aromatic heterocycles. The van der Waals surface area contributed by atoms with Gasteiger partial charge in [-0.3, -0.25) is 4.79 Å². The Balaban J connectivity index is 1.51. The van der Waals surface area contributed by atoms with Gasteiger partial charge in [-0.2, -0.15) is 4.68 Å². The zero-order chi connectivity index (χ0) is 23.6. The molecule has 0 aliphatic carbocycles. The van der Waals surface area contributed by atoms with Crippen LogP contribution in [0.25, 0.3) is 5.69 Å². The fraction of sp³-hybridized carbons (Fsp3) is 0.333. The van der Waals surface area contributed by atoms with Crippen molar-refractivity contribution in [3.05, 3.63) is 54.1 Å². The zero-order valence-corrected chi connectivity index (χ0v) is 19.4. The van der Waals surface area contributed by atoms with Crippen LogP contribution < -0.4 is 9.64 Å². The van der Waals surface area contributed by atoms with Gasteiger partial charge in [-0.25, -0.2) is 12.7 Å². The van der Waals surface area contributed by atoms with E-state index < -0.39 is 10.0 Å². The molecular formula is C21H25N7O4S. The molecule has 0 bridgehead atoms. The molecular weight excluding hydrogens is 446 g/mol. The first kappa shape index (κ1) is 22.7. The van der Waals surface area contributed by atoms with Crippen LogP contribution in [0.4, 0.5) is 5.95 Å². The summed E-state index contributed by atoms with van der Waals surface area (Å²) in [5.41, 5.74) is 1.14. The van der Waals surface area contributed by atoms with Gasteiger partial charge in [0.2, 0.25) is 16.0 Å². The highest BCUT2D eigenvalue weighted by atomic mass is 32.2. The molecule has 1 saturated heterocycles. The summed E-state index contributed by atoms with van der Waals surface area (Å²) in [6, 6.07) is 14.1. The monoisotopic (exact) mass is 471 g/mol. The number of hydrogen-bond donors (Lipinski definition) is 0. The molecule has 3 aromatic rings. The van der Waals surface area contributed by atoms with E-state index in [2.05, 4.69) is 15.5 Å². The van der Waals surface area contributed by atoms with Gasteiger partial charge in [-0.15, -0.1) is 0 Å². The van der Waals surface area contributed by atoms with Crippen molar-refractivity contribution in [2.45, 2.75) is 4.90 Å². The Morgan fingerprint density at radius 2 is 1.73 bits per heavy atom. The van der Waals surface area contributed by atoms with Crippen LogP contribution in [0.2, 0.25) is 0 Å². The second-order valence-corrected chi connectivity index (χ2v) is 9.78. The first-order chi connectivity index (χ1) is 15.8. The number of anilines is 1. The smallest absolute Gasteiger partial charge is 0.254 e. The Morgan fingerprint density at radius 3 is 2.36 bits per heavy atom. The number of carbonyl (C=O) groups excluding carboxylic acids is 1. The summed E-state index contributed by atoms with van der Waals surface area (Å²) in [5, 5.41) is 12.1. The van der Waals surface area contributed by atoms with Crippen molar-refractivity contribution in [2.24, 2.45) is 0 Å². The third kappa shape index (κ3) is 4.39. The summed E-state index contributed by atoms with van der Waals surface area (Å²) in [6.45, 7) is 1.97. The third-order valence-electron chi connectivity index (χ3n) is 5.47. The minimum absolute atomic E-state index is 0.0403. The lowest BCUT2D eigenvalue weighted by Crippen LogP contribution is -2.49. The van der Waals surface area contributed by atoms with Crippen LogP contribution >= 0.6 is 0 Å². The first-order valence-corrected chi connectivity index (χ1v) is 11.8. The van der Waals surface area contributed by atoms with E-state index in [-0.39, 0.29) is 16.6 Å². The summed E-state index contributed by atoms with van der Waals surface area (Å²) < 4.78 is 33.3. The van der Waals surface area contributed by atoms with Gasteiger partial charge in [0, 0.05) is 45.8 Å². The lowest BCUT2D eigenvalue weighted by Gasteiger charge is -2.35. The molecule has 0 unspecified atom stereocenters. The molecule has 0 spiro atoms. The number of tetrazole rings is 1. The predicted octanol–water partition coefficient (Wildman–Crippen LogP) is 0.884. The molecule has 12 heteroatoms. The molecule has 33 heavy (non-hydrogen) atoms. The summed E-state index contributed by atoms with van der Waals surface area (Å²) in [7, 11) is 0.497. The predicted molar refractivity (Wildman–Crippen MR) is 121 cm³/mol. The molecule has 1 aliphatic rings. The number of para-hydroxylation sites is 1. The maximum atomic E-state index is 13.1. The number of sulfonamides is 1. The van der Waals surface area contributed by atoms with Crippen molar-refractivity contribution in [3.63, 3.8) is 0 Å². The number of aromatic nitrogens is 4. The van der Waals surface area contributed by atoms with E-state index in [0.717, 1.165) is 9.99 Å². The van der Waals surface area contributed by atoms with Gasteiger partial charge >= 0.3 is 0 Å². The maximum absolute atomic E-state index is 13.1. The lowest BCUT2D eigenvalue weighted by molar-refractivity contribution is 0.0746. The quantitative estimate of drug-likeness (QED) is 0.521. The van der Waals surface area contributed by atoms with Crippen LogP contribution in [-0.4, -0.2) is 91.1 Å². The molecule has 1 amide bonds. The highest BCUT2D eigenvalue weighted by molar-refractivity contribution is 7.89. The highest BCUT2D eigenvalue weighted by Gasteiger charge is 2.28. The van der Waals surface area contributed by atoms with Crippen molar-refractivity contribution in [1.82, 2.24) is 29.4 Å². The van der Waals surface area contributed by atoms with Gasteiger partial charge in [0.15, 0.2) is 0 Å². The molecule has 0 N–H and O–H groups in total. The van der Waals surface area contributed by atoms with E-state index in [4.69, 9.17) is 4.74 Å². The van der Waals surface area contributed by atoms with Crippen LogP contribution in [0.3, 0.4) is 0 Å². The molecule has 0 radical (unpaired) electrons.